The number of nitrogens with zero attached hydrogens (tertiary/aromatic N) is 5. The molecule has 4 aromatic rings. The fraction of sp³-hybridized carbons (Fsp3) is 0.111. The number of pyridine rings is 1. The van der Waals surface area contributed by atoms with Crippen molar-refractivity contribution in [2.45, 2.75) is 13.1 Å². The molecule has 3 aromatic heterocycles. The van der Waals surface area contributed by atoms with Gasteiger partial charge >= 0.3 is 0 Å². The van der Waals surface area contributed by atoms with Crippen LogP contribution in [-0.2, 0) is 13.1 Å². The van der Waals surface area contributed by atoms with Gasteiger partial charge in [-0.1, -0.05) is 41.7 Å². The number of imidazole rings is 1. The largest absolute Gasteiger partial charge is 0.356 e. The molecule has 0 fully saturated rings. The summed E-state index contributed by atoms with van der Waals surface area (Å²) in [6.45, 7) is 1.52. The third-order valence-corrected chi connectivity index (χ3v) is 4.57. The van der Waals surface area contributed by atoms with Gasteiger partial charge < -0.3 is 9.88 Å². The maximum absolute atomic E-state index is 4.30. The molecule has 25 heavy (non-hydrogen) atoms. The summed E-state index contributed by atoms with van der Waals surface area (Å²) in [7, 11) is 0. The number of nitrogens with one attached hydrogen (secondary N) is 1. The minimum Gasteiger partial charge on any atom is -0.356 e. The Morgan fingerprint density at radius 2 is 1.96 bits per heavy atom. The standard InChI is InChI=1S/C18H16N6S/c1-2-7-20-16(6-1)17-22-23-18(25-17)21-11-14-4-3-5-15(10-14)12-24-9-8-19-13-24/h1-10,13H,11-12H2,(H,21,23). The van der Waals surface area contributed by atoms with Crippen LogP contribution in [0.3, 0.4) is 0 Å². The summed E-state index contributed by atoms with van der Waals surface area (Å²) < 4.78 is 2.05. The maximum Gasteiger partial charge on any atom is 0.206 e. The van der Waals surface area contributed by atoms with E-state index in [2.05, 4.69) is 54.3 Å². The number of rotatable bonds is 6. The molecule has 0 aliphatic carbocycles. The van der Waals surface area contributed by atoms with Gasteiger partial charge in [0.25, 0.3) is 0 Å². The monoisotopic (exact) mass is 348 g/mol. The highest BCUT2D eigenvalue weighted by Gasteiger charge is 2.07. The normalized spacial score (nSPS) is 10.7. The van der Waals surface area contributed by atoms with E-state index in [1.807, 2.05) is 30.7 Å². The first-order chi connectivity index (χ1) is 12.4. The summed E-state index contributed by atoms with van der Waals surface area (Å²) in [5.74, 6) is 0. The summed E-state index contributed by atoms with van der Waals surface area (Å²) in [6.07, 6.45) is 7.34. The van der Waals surface area contributed by atoms with E-state index in [1.54, 1.807) is 12.4 Å². The molecular formula is C18H16N6S. The summed E-state index contributed by atoms with van der Waals surface area (Å²) >= 11 is 1.50. The van der Waals surface area contributed by atoms with Crippen LogP contribution in [0.4, 0.5) is 5.13 Å². The van der Waals surface area contributed by atoms with Crippen LogP contribution in [-0.4, -0.2) is 24.7 Å². The van der Waals surface area contributed by atoms with Crippen molar-refractivity contribution < 1.29 is 0 Å². The SMILES string of the molecule is c1ccc(-c2nnc(NCc3cccc(Cn4ccnc4)c3)s2)nc1. The predicted molar refractivity (Wildman–Crippen MR) is 98.2 cm³/mol. The molecule has 0 saturated carbocycles. The highest BCUT2D eigenvalue weighted by Crippen LogP contribution is 2.24. The Hall–Kier alpha value is -3.06. The first kappa shape index (κ1) is 15.5. The van der Waals surface area contributed by atoms with Crippen LogP contribution in [0.15, 0.2) is 67.4 Å². The molecule has 0 bridgehead atoms. The van der Waals surface area contributed by atoms with E-state index < -0.39 is 0 Å². The molecule has 6 nitrogen and oxygen atoms in total. The molecule has 0 radical (unpaired) electrons. The molecule has 0 unspecified atom stereocenters. The molecular weight excluding hydrogens is 332 g/mol. The van der Waals surface area contributed by atoms with E-state index in [1.165, 1.54) is 22.5 Å². The Morgan fingerprint density at radius 3 is 2.80 bits per heavy atom. The first-order valence-corrected chi connectivity index (χ1v) is 8.71. The fourth-order valence-corrected chi connectivity index (χ4v) is 3.21. The number of aromatic nitrogens is 5. The van der Waals surface area contributed by atoms with Crippen LogP contribution in [0.25, 0.3) is 10.7 Å². The van der Waals surface area contributed by atoms with Gasteiger partial charge in [-0.2, -0.15) is 0 Å². The molecule has 0 amide bonds. The highest BCUT2D eigenvalue weighted by molar-refractivity contribution is 7.18. The molecule has 0 saturated heterocycles. The quantitative estimate of drug-likeness (QED) is 0.578. The molecule has 0 aliphatic rings. The predicted octanol–water partition coefficient (Wildman–Crippen LogP) is 3.46. The van der Waals surface area contributed by atoms with Crippen LogP contribution in [0, 0.1) is 0 Å². The molecule has 0 aliphatic heterocycles. The molecule has 4 rings (SSSR count). The van der Waals surface area contributed by atoms with Crippen LogP contribution in [0.5, 0.6) is 0 Å². The Kier molecular flexibility index (Phi) is 4.47. The Morgan fingerprint density at radius 1 is 1.00 bits per heavy atom. The minimum absolute atomic E-state index is 0.703. The van der Waals surface area contributed by atoms with Crippen molar-refractivity contribution in [1.29, 1.82) is 0 Å². The Labute approximate surface area is 149 Å². The van der Waals surface area contributed by atoms with Crippen LogP contribution >= 0.6 is 11.3 Å². The number of anilines is 1. The van der Waals surface area contributed by atoms with Gasteiger partial charge in [0.15, 0.2) is 5.01 Å². The molecule has 0 atom stereocenters. The van der Waals surface area contributed by atoms with Gasteiger partial charge in [-0.25, -0.2) is 4.98 Å². The van der Waals surface area contributed by atoms with Crippen molar-refractivity contribution in [1.82, 2.24) is 24.7 Å². The Balaban J connectivity index is 1.41. The van der Waals surface area contributed by atoms with Crippen molar-refractivity contribution in [3.63, 3.8) is 0 Å². The van der Waals surface area contributed by atoms with E-state index in [0.717, 1.165) is 22.4 Å². The topological polar surface area (TPSA) is 68.5 Å². The first-order valence-electron chi connectivity index (χ1n) is 7.89. The molecule has 124 valence electrons. The van der Waals surface area contributed by atoms with Crippen LogP contribution < -0.4 is 5.32 Å². The Bertz CT molecular complexity index is 933. The van der Waals surface area contributed by atoms with Crippen LogP contribution in [0.1, 0.15) is 11.1 Å². The average Bonchev–Trinajstić information content (AvgIpc) is 3.33. The summed E-state index contributed by atoms with van der Waals surface area (Å²) in [5, 5.41) is 13.3. The van der Waals surface area contributed by atoms with E-state index in [0.29, 0.717) is 6.54 Å². The summed E-state index contributed by atoms with van der Waals surface area (Å²) in [5.41, 5.74) is 3.28. The summed E-state index contributed by atoms with van der Waals surface area (Å²) in [4.78, 5) is 8.38. The van der Waals surface area contributed by atoms with Crippen molar-refractivity contribution in [3.8, 4) is 10.7 Å². The zero-order chi connectivity index (χ0) is 16.9. The minimum atomic E-state index is 0.703. The summed E-state index contributed by atoms with van der Waals surface area (Å²) in [6, 6.07) is 14.3. The van der Waals surface area contributed by atoms with Gasteiger partial charge in [-0.3, -0.25) is 4.98 Å². The average molecular weight is 348 g/mol. The van der Waals surface area contributed by atoms with E-state index in [-0.39, 0.29) is 0 Å². The van der Waals surface area contributed by atoms with Crippen LogP contribution in [0.2, 0.25) is 0 Å². The van der Waals surface area contributed by atoms with Crippen molar-refractivity contribution in [3.05, 3.63) is 78.5 Å². The molecule has 7 heteroatoms. The zero-order valence-electron chi connectivity index (χ0n) is 13.4. The lowest BCUT2D eigenvalue weighted by molar-refractivity contribution is 0.796. The van der Waals surface area contributed by atoms with Gasteiger partial charge in [0.05, 0.1) is 6.33 Å². The second-order valence-corrected chi connectivity index (χ2v) is 6.51. The van der Waals surface area contributed by atoms with Gasteiger partial charge in [-0.05, 0) is 23.3 Å². The molecule has 1 N–H and O–H groups in total. The van der Waals surface area contributed by atoms with Crippen molar-refractivity contribution in [2.75, 3.05) is 5.32 Å². The number of hydrogen-bond donors (Lipinski definition) is 1. The van der Waals surface area contributed by atoms with Crippen molar-refractivity contribution >= 4 is 16.5 Å². The van der Waals surface area contributed by atoms with Gasteiger partial charge in [0.2, 0.25) is 5.13 Å². The lowest BCUT2D eigenvalue weighted by Gasteiger charge is -2.06. The lowest BCUT2D eigenvalue weighted by Crippen LogP contribution is -2.01. The molecule has 3 heterocycles. The van der Waals surface area contributed by atoms with E-state index >= 15 is 0 Å². The lowest BCUT2D eigenvalue weighted by atomic mass is 10.1. The highest BCUT2D eigenvalue weighted by atomic mass is 32.1. The zero-order valence-corrected chi connectivity index (χ0v) is 14.2. The number of hydrogen-bond acceptors (Lipinski definition) is 6. The van der Waals surface area contributed by atoms with E-state index in [4.69, 9.17) is 0 Å². The van der Waals surface area contributed by atoms with Crippen molar-refractivity contribution in [2.24, 2.45) is 0 Å². The van der Waals surface area contributed by atoms with Gasteiger partial charge in [-0.15, -0.1) is 10.2 Å². The maximum atomic E-state index is 4.30. The van der Waals surface area contributed by atoms with E-state index in [9.17, 15) is 0 Å². The number of benzene rings is 1. The third-order valence-electron chi connectivity index (χ3n) is 3.67. The fourth-order valence-electron chi connectivity index (χ4n) is 2.49. The molecule has 1 aromatic carbocycles. The van der Waals surface area contributed by atoms with Gasteiger partial charge in [0, 0.05) is 31.7 Å². The third kappa shape index (κ3) is 3.89. The van der Waals surface area contributed by atoms with Gasteiger partial charge in [0.1, 0.15) is 5.69 Å². The second-order valence-electron chi connectivity index (χ2n) is 5.54. The smallest absolute Gasteiger partial charge is 0.206 e. The molecule has 0 spiro atoms. The second kappa shape index (κ2) is 7.23.